The van der Waals surface area contributed by atoms with Crippen LogP contribution in [0.1, 0.15) is 47.0 Å². The summed E-state index contributed by atoms with van der Waals surface area (Å²) in [4.78, 5) is 0. The van der Waals surface area contributed by atoms with Crippen LogP contribution in [0.25, 0.3) is 0 Å². The standard InChI is InChI=1S/C11H22/c1-5-7-11(4)9-8-10(3)6-2/h8-11H,5-7H2,1-4H3. The van der Waals surface area contributed by atoms with Crippen molar-refractivity contribution in [3.8, 4) is 0 Å². The number of rotatable bonds is 5. The third-order valence-electron chi connectivity index (χ3n) is 2.16. The number of hydrogen-bond acceptors (Lipinski definition) is 0. The van der Waals surface area contributed by atoms with Gasteiger partial charge in [0.2, 0.25) is 0 Å². The minimum atomic E-state index is 0.759. The Morgan fingerprint density at radius 1 is 1.00 bits per heavy atom. The van der Waals surface area contributed by atoms with Crippen molar-refractivity contribution >= 4 is 0 Å². The van der Waals surface area contributed by atoms with Gasteiger partial charge in [-0.15, -0.1) is 0 Å². The summed E-state index contributed by atoms with van der Waals surface area (Å²) in [5.41, 5.74) is 0. The first kappa shape index (κ1) is 10.7. The van der Waals surface area contributed by atoms with Gasteiger partial charge in [0.1, 0.15) is 0 Å². The molecule has 66 valence electrons. The lowest BCUT2D eigenvalue weighted by atomic mass is 10.0. The van der Waals surface area contributed by atoms with Crippen molar-refractivity contribution in [3.63, 3.8) is 0 Å². The predicted octanol–water partition coefficient (Wildman–Crippen LogP) is 4.02. The summed E-state index contributed by atoms with van der Waals surface area (Å²) >= 11 is 0. The van der Waals surface area contributed by atoms with E-state index in [0.717, 1.165) is 11.8 Å². The monoisotopic (exact) mass is 154 g/mol. The maximum Gasteiger partial charge on any atom is -0.0262 e. The molecule has 11 heavy (non-hydrogen) atoms. The van der Waals surface area contributed by atoms with Crippen molar-refractivity contribution in [2.75, 3.05) is 0 Å². The molecule has 0 heterocycles. The molecule has 0 fully saturated rings. The molecule has 0 aromatic heterocycles. The van der Waals surface area contributed by atoms with Crippen molar-refractivity contribution < 1.29 is 0 Å². The molecule has 0 radical (unpaired) electrons. The first-order valence-electron chi connectivity index (χ1n) is 4.89. The Bertz CT molecular complexity index is 103. The maximum atomic E-state index is 2.36. The van der Waals surface area contributed by atoms with Gasteiger partial charge in [0.15, 0.2) is 0 Å². The summed E-state index contributed by atoms with van der Waals surface area (Å²) in [5.74, 6) is 1.53. The second-order valence-corrected chi connectivity index (χ2v) is 3.54. The van der Waals surface area contributed by atoms with Crippen molar-refractivity contribution in [1.29, 1.82) is 0 Å². The molecule has 0 aliphatic heterocycles. The molecule has 0 rings (SSSR count). The Hall–Kier alpha value is -0.260. The molecule has 0 aromatic rings. The van der Waals surface area contributed by atoms with Gasteiger partial charge in [-0.2, -0.15) is 0 Å². The fraction of sp³-hybridized carbons (Fsp3) is 0.818. The highest BCUT2D eigenvalue weighted by atomic mass is 14.0. The topological polar surface area (TPSA) is 0 Å². The molecule has 0 saturated carbocycles. The first-order chi connectivity index (χ1) is 5.20. The maximum absolute atomic E-state index is 2.36. The van der Waals surface area contributed by atoms with Crippen LogP contribution in [0, 0.1) is 11.8 Å². The smallest absolute Gasteiger partial charge is 0.0262 e. The highest BCUT2D eigenvalue weighted by Gasteiger charge is 1.95. The minimum absolute atomic E-state index is 0.759. The lowest BCUT2D eigenvalue weighted by Crippen LogP contribution is -1.90. The van der Waals surface area contributed by atoms with E-state index in [9.17, 15) is 0 Å². The first-order valence-corrected chi connectivity index (χ1v) is 4.89. The molecular formula is C11H22. The van der Waals surface area contributed by atoms with Crippen molar-refractivity contribution in [1.82, 2.24) is 0 Å². The average Bonchev–Trinajstić information content (AvgIpc) is 2.01. The number of hydrogen-bond donors (Lipinski definition) is 0. The van der Waals surface area contributed by atoms with E-state index < -0.39 is 0 Å². The zero-order valence-electron chi connectivity index (χ0n) is 8.43. The van der Waals surface area contributed by atoms with Crippen LogP contribution >= 0.6 is 0 Å². The van der Waals surface area contributed by atoms with Gasteiger partial charge in [-0.3, -0.25) is 0 Å². The summed E-state index contributed by atoms with van der Waals surface area (Å²) < 4.78 is 0. The normalized spacial score (nSPS) is 17.1. The van der Waals surface area contributed by atoms with Crippen molar-refractivity contribution in [3.05, 3.63) is 12.2 Å². The second-order valence-electron chi connectivity index (χ2n) is 3.54. The molecule has 0 saturated heterocycles. The summed E-state index contributed by atoms with van der Waals surface area (Å²) in [6, 6.07) is 0. The quantitative estimate of drug-likeness (QED) is 0.524. The van der Waals surface area contributed by atoms with Gasteiger partial charge in [-0.1, -0.05) is 52.7 Å². The van der Waals surface area contributed by atoms with Gasteiger partial charge < -0.3 is 0 Å². The van der Waals surface area contributed by atoms with Crippen molar-refractivity contribution in [2.24, 2.45) is 11.8 Å². The van der Waals surface area contributed by atoms with E-state index in [4.69, 9.17) is 0 Å². The summed E-state index contributed by atoms with van der Waals surface area (Å²) in [6.45, 7) is 9.05. The molecular weight excluding hydrogens is 132 g/mol. The highest BCUT2D eigenvalue weighted by Crippen LogP contribution is 2.09. The van der Waals surface area contributed by atoms with Gasteiger partial charge in [0, 0.05) is 0 Å². The van der Waals surface area contributed by atoms with E-state index in [0.29, 0.717) is 0 Å². The molecule has 0 nitrogen and oxygen atoms in total. The van der Waals surface area contributed by atoms with E-state index >= 15 is 0 Å². The van der Waals surface area contributed by atoms with E-state index in [2.05, 4.69) is 39.8 Å². The molecule has 0 heteroatoms. The van der Waals surface area contributed by atoms with Crippen LogP contribution in [0.4, 0.5) is 0 Å². The molecule has 0 N–H and O–H groups in total. The third-order valence-corrected chi connectivity index (χ3v) is 2.16. The van der Waals surface area contributed by atoms with Gasteiger partial charge in [-0.05, 0) is 18.3 Å². The highest BCUT2D eigenvalue weighted by molar-refractivity contribution is 4.89. The number of allylic oxidation sites excluding steroid dienone is 2. The van der Waals surface area contributed by atoms with Gasteiger partial charge >= 0.3 is 0 Å². The molecule has 0 aromatic carbocycles. The van der Waals surface area contributed by atoms with Crippen LogP contribution in [0.3, 0.4) is 0 Å². The van der Waals surface area contributed by atoms with E-state index in [1.54, 1.807) is 0 Å². The van der Waals surface area contributed by atoms with Crippen LogP contribution < -0.4 is 0 Å². The zero-order valence-corrected chi connectivity index (χ0v) is 8.43. The zero-order chi connectivity index (χ0) is 8.69. The summed E-state index contributed by atoms with van der Waals surface area (Å²) in [6.07, 6.45) is 8.59. The predicted molar refractivity (Wildman–Crippen MR) is 52.7 cm³/mol. The Morgan fingerprint density at radius 2 is 1.55 bits per heavy atom. The van der Waals surface area contributed by atoms with E-state index in [1.807, 2.05) is 0 Å². The molecule has 0 aliphatic rings. The molecule has 0 amide bonds. The molecule has 0 aliphatic carbocycles. The van der Waals surface area contributed by atoms with Crippen LogP contribution in [-0.4, -0.2) is 0 Å². The third kappa shape index (κ3) is 6.15. The fourth-order valence-electron chi connectivity index (χ4n) is 1.07. The van der Waals surface area contributed by atoms with Gasteiger partial charge in [-0.25, -0.2) is 0 Å². The molecule has 0 bridgehead atoms. The van der Waals surface area contributed by atoms with Gasteiger partial charge in [0.25, 0.3) is 0 Å². The van der Waals surface area contributed by atoms with Crippen LogP contribution in [-0.2, 0) is 0 Å². The van der Waals surface area contributed by atoms with Crippen molar-refractivity contribution in [2.45, 2.75) is 47.0 Å². The molecule has 2 atom stereocenters. The van der Waals surface area contributed by atoms with Crippen LogP contribution in [0.15, 0.2) is 12.2 Å². The largest absolute Gasteiger partial charge is 0.0854 e. The lowest BCUT2D eigenvalue weighted by molar-refractivity contribution is 0.619. The average molecular weight is 154 g/mol. The van der Waals surface area contributed by atoms with E-state index in [1.165, 1.54) is 19.3 Å². The molecule has 0 spiro atoms. The lowest BCUT2D eigenvalue weighted by Gasteiger charge is -2.04. The molecule has 2 unspecified atom stereocenters. The second kappa shape index (κ2) is 6.45. The summed E-state index contributed by atoms with van der Waals surface area (Å²) in [7, 11) is 0. The fourth-order valence-corrected chi connectivity index (χ4v) is 1.07. The van der Waals surface area contributed by atoms with Crippen LogP contribution in [0.2, 0.25) is 0 Å². The van der Waals surface area contributed by atoms with Gasteiger partial charge in [0.05, 0.1) is 0 Å². The van der Waals surface area contributed by atoms with Crippen LogP contribution in [0.5, 0.6) is 0 Å². The van der Waals surface area contributed by atoms with E-state index in [-0.39, 0.29) is 0 Å². The SMILES string of the molecule is CCCC(C)C=CC(C)CC. The summed E-state index contributed by atoms with van der Waals surface area (Å²) in [5, 5.41) is 0. The Kier molecular flexibility index (Phi) is 6.30. The minimum Gasteiger partial charge on any atom is -0.0854 e. The Balaban J connectivity index is 3.54. The Morgan fingerprint density at radius 3 is 2.00 bits per heavy atom. The Labute approximate surface area is 71.7 Å².